The SMILES string of the molecule is C[C@@H](C=Cc1cnn(Cc2ccc(OCC3CC3)cc2Cl)c1)Nc1cnccn1. The number of hydrogen-bond acceptors (Lipinski definition) is 5. The Bertz CT molecular complexity index is 968. The quantitative estimate of drug-likeness (QED) is 0.556. The number of benzene rings is 1. The molecule has 0 spiro atoms. The van der Waals surface area contributed by atoms with Gasteiger partial charge in [0.05, 0.1) is 25.5 Å². The van der Waals surface area contributed by atoms with E-state index in [-0.39, 0.29) is 6.04 Å². The van der Waals surface area contributed by atoms with Crippen LogP contribution in [0.2, 0.25) is 5.02 Å². The van der Waals surface area contributed by atoms with Gasteiger partial charge in [-0.05, 0) is 43.4 Å². The minimum atomic E-state index is 0.118. The van der Waals surface area contributed by atoms with Gasteiger partial charge in [-0.25, -0.2) is 4.98 Å². The van der Waals surface area contributed by atoms with Crippen LogP contribution < -0.4 is 10.1 Å². The lowest BCUT2D eigenvalue weighted by Gasteiger charge is -2.09. The van der Waals surface area contributed by atoms with Crippen LogP contribution in [0.15, 0.2) is 55.3 Å². The van der Waals surface area contributed by atoms with Crippen molar-refractivity contribution >= 4 is 23.5 Å². The molecule has 4 rings (SSSR count). The molecule has 2 aromatic heterocycles. The third-order valence-electron chi connectivity index (χ3n) is 4.71. The highest BCUT2D eigenvalue weighted by atomic mass is 35.5. The van der Waals surface area contributed by atoms with Crippen LogP contribution in [0.4, 0.5) is 5.82 Å². The molecule has 1 aromatic carbocycles. The second-order valence-corrected chi connectivity index (χ2v) is 7.77. The third-order valence-corrected chi connectivity index (χ3v) is 5.06. The summed E-state index contributed by atoms with van der Waals surface area (Å²) in [5.41, 5.74) is 2.04. The Hall–Kier alpha value is -2.86. The highest BCUT2D eigenvalue weighted by Gasteiger charge is 2.22. The van der Waals surface area contributed by atoms with Crippen LogP contribution in [0.3, 0.4) is 0 Å². The minimum absolute atomic E-state index is 0.118. The Kier molecular flexibility index (Phi) is 6.10. The lowest BCUT2D eigenvalue weighted by molar-refractivity contribution is 0.299. The maximum atomic E-state index is 6.44. The van der Waals surface area contributed by atoms with E-state index in [1.165, 1.54) is 12.8 Å². The molecule has 1 aliphatic carbocycles. The first kappa shape index (κ1) is 19.5. The van der Waals surface area contributed by atoms with Crippen molar-refractivity contribution in [2.24, 2.45) is 5.92 Å². The van der Waals surface area contributed by atoms with Gasteiger partial charge in [-0.15, -0.1) is 0 Å². The average Bonchev–Trinajstić information content (AvgIpc) is 3.45. The second-order valence-electron chi connectivity index (χ2n) is 7.36. The molecule has 1 N–H and O–H groups in total. The fourth-order valence-corrected chi connectivity index (χ4v) is 3.11. The van der Waals surface area contributed by atoms with Gasteiger partial charge in [0.25, 0.3) is 0 Å². The summed E-state index contributed by atoms with van der Waals surface area (Å²) in [6, 6.07) is 6.00. The van der Waals surface area contributed by atoms with E-state index in [1.54, 1.807) is 18.6 Å². The summed E-state index contributed by atoms with van der Waals surface area (Å²) in [6.07, 6.45) is 15.5. The number of hydrogen-bond donors (Lipinski definition) is 1. The van der Waals surface area contributed by atoms with Gasteiger partial charge in [0, 0.05) is 35.2 Å². The highest BCUT2D eigenvalue weighted by Crippen LogP contribution is 2.30. The molecule has 2 heterocycles. The van der Waals surface area contributed by atoms with Crippen molar-refractivity contribution in [3.05, 3.63) is 71.4 Å². The van der Waals surface area contributed by atoms with Gasteiger partial charge < -0.3 is 10.1 Å². The second kappa shape index (κ2) is 9.09. The van der Waals surface area contributed by atoms with Crippen molar-refractivity contribution in [2.75, 3.05) is 11.9 Å². The zero-order valence-corrected chi connectivity index (χ0v) is 17.1. The van der Waals surface area contributed by atoms with E-state index in [0.717, 1.165) is 35.2 Å². The molecule has 6 nitrogen and oxygen atoms in total. The van der Waals surface area contributed by atoms with Crippen molar-refractivity contribution in [2.45, 2.75) is 32.4 Å². The van der Waals surface area contributed by atoms with Crippen molar-refractivity contribution in [3.63, 3.8) is 0 Å². The summed E-state index contributed by atoms with van der Waals surface area (Å²) in [6.45, 7) is 3.46. The first-order valence-electron chi connectivity index (χ1n) is 9.80. The fourth-order valence-electron chi connectivity index (χ4n) is 2.88. The summed E-state index contributed by atoms with van der Waals surface area (Å²) in [5, 5.41) is 8.41. The molecule has 1 aliphatic rings. The van der Waals surface area contributed by atoms with Gasteiger partial charge in [-0.1, -0.05) is 29.8 Å². The van der Waals surface area contributed by atoms with E-state index in [1.807, 2.05) is 41.4 Å². The van der Waals surface area contributed by atoms with Gasteiger partial charge in [0.2, 0.25) is 0 Å². The smallest absolute Gasteiger partial charge is 0.144 e. The van der Waals surface area contributed by atoms with Gasteiger partial charge >= 0.3 is 0 Å². The predicted octanol–water partition coefficient (Wildman–Crippen LogP) is 4.68. The Morgan fingerprint density at radius 2 is 2.21 bits per heavy atom. The molecule has 0 aliphatic heterocycles. The topological polar surface area (TPSA) is 64.9 Å². The number of aromatic nitrogens is 4. The van der Waals surface area contributed by atoms with Crippen molar-refractivity contribution in [1.29, 1.82) is 0 Å². The summed E-state index contributed by atoms with van der Waals surface area (Å²) in [5.74, 6) is 2.31. The lowest BCUT2D eigenvalue weighted by Crippen LogP contribution is -2.12. The summed E-state index contributed by atoms with van der Waals surface area (Å²) < 4.78 is 7.67. The molecule has 0 saturated heterocycles. The molecule has 1 fully saturated rings. The van der Waals surface area contributed by atoms with Crippen LogP contribution >= 0.6 is 11.6 Å². The number of nitrogens with zero attached hydrogens (tertiary/aromatic N) is 4. The highest BCUT2D eigenvalue weighted by molar-refractivity contribution is 6.31. The van der Waals surface area contributed by atoms with E-state index in [9.17, 15) is 0 Å². The van der Waals surface area contributed by atoms with Gasteiger partial charge in [-0.2, -0.15) is 5.10 Å². The van der Waals surface area contributed by atoms with Crippen LogP contribution in [0, 0.1) is 5.92 Å². The zero-order chi connectivity index (χ0) is 20.1. The number of ether oxygens (including phenoxy) is 1. The molecule has 1 saturated carbocycles. The first-order valence-corrected chi connectivity index (χ1v) is 10.2. The maximum absolute atomic E-state index is 6.44. The molecule has 7 heteroatoms. The molecule has 3 aromatic rings. The molecular formula is C22H24ClN5O. The lowest BCUT2D eigenvalue weighted by atomic mass is 10.2. The minimum Gasteiger partial charge on any atom is -0.493 e. The molecule has 0 unspecified atom stereocenters. The van der Waals surface area contributed by atoms with Crippen molar-refractivity contribution in [3.8, 4) is 5.75 Å². The number of rotatable bonds is 9. The van der Waals surface area contributed by atoms with E-state index in [4.69, 9.17) is 16.3 Å². The van der Waals surface area contributed by atoms with Crippen LogP contribution in [0.5, 0.6) is 5.75 Å². The Morgan fingerprint density at radius 1 is 1.31 bits per heavy atom. The number of halogens is 1. The molecule has 29 heavy (non-hydrogen) atoms. The van der Waals surface area contributed by atoms with Crippen LogP contribution in [-0.2, 0) is 6.54 Å². The van der Waals surface area contributed by atoms with Gasteiger partial charge in [0.15, 0.2) is 0 Å². The first-order chi connectivity index (χ1) is 14.2. The monoisotopic (exact) mass is 409 g/mol. The molecule has 0 bridgehead atoms. The number of anilines is 1. The largest absolute Gasteiger partial charge is 0.493 e. The van der Waals surface area contributed by atoms with Crippen LogP contribution in [-0.4, -0.2) is 32.4 Å². The maximum Gasteiger partial charge on any atom is 0.144 e. The summed E-state index contributed by atoms with van der Waals surface area (Å²) in [7, 11) is 0. The molecule has 1 atom stereocenters. The summed E-state index contributed by atoms with van der Waals surface area (Å²) >= 11 is 6.44. The normalized spacial score (nSPS) is 14.8. The predicted molar refractivity (Wildman–Crippen MR) is 115 cm³/mol. The Labute approximate surface area is 175 Å². The summed E-state index contributed by atoms with van der Waals surface area (Å²) in [4.78, 5) is 8.27. The molecule has 0 amide bonds. The Morgan fingerprint density at radius 3 is 2.97 bits per heavy atom. The number of nitrogens with one attached hydrogen (secondary N) is 1. The third kappa shape index (κ3) is 5.81. The standard InChI is InChI=1S/C22H24ClN5O/c1-16(27-22-12-24-8-9-25-22)2-3-18-11-26-28(13-18)14-19-6-7-20(10-21(19)23)29-15-17-4-5-17/h2-3,6-13,16-17H,4-5,14-15H2,1H3,(H,25,27)/t16-/m0/s1. The molecule has 150 valence electrons. The van der Waals surface area contributed by atoms with Crippen molar-refractivity contribution < 1.29 is 4.74 Å². The fraction of sp³-hybridized carbons (Fsp3) is 0.318. The van der Waals surface area contributed by atoms with Crippen LogP contribution in [0.25, 0.3) is 6.08 Å². The van der Waals surface area contributed by atoms with Gasteiger partial charge in [0.1, 0.15) is 11.6 Å². The van der Waals surface area contributed by atoms with E-state index >= 15 is 0 Å². The molecule has 0 radical (unpaired) electrons. The Balaban J connectivity index is 1.32. The zero-order valence-electron chi connectivity index (χ0n) is 16.3. The van der Waals surface area contributed by atoms with Gasteiger partial charge in [-0.3, -0.25) is 9.67 Å². The average molecular weight is 410 g/mol. The van der Waals surface area contributed by atoms with Crippen LogP contribution in [0.1, 0.15) is 30.9 Å². The van der Waals surface area contributed by atoms with E-state index in [2.05, 4.69) is 33.4 Å². The van der Waals surface area contributed by atoms with E-state index in [0.29, 0.717) is 11.6 Å². The van der Waals surface area contributed by atoms with Crippen molar-refractivity contribution in [1.82, 2.24) is 19.7 Å². The molecular weight excluding hydrogens is 386 g/mol. The van der Waals surface area contributed by atoms with E-state index < -0.39 is 0 Å².